The number of nitrogens with zero attached hydrogens (tertiary/aromatic N) is 2. The van der Waals surface area contributed by atoms with Gasteiger partial charge in [0.2, 0.25) is 0 Å². The van der Waals surface area contributed by atoms with Gasteiger partial charge in [-0.15, -0.1) is 0 Å². The van der Waals surface area contributed by atoms with Crippen LogP contribution < -0.4 is 5.32 Å². The molecule has 1 rings (SSSR count). The van der Waals surface area contributed by atoms with Gasteiger partial charge in [-0.2, -0.15) is 5.10 Å². The fourth-order valence-electron chi connectivity index (χ4n) is 1.29. The Morgan fingerprint density at radius 2 is 2.14 bits per heavy atom. The number of aromatic nitrogens is 2. The second kappa shape index (κ2) is 4.60. The topological polar surface area (TPSA) is 29.9 Å². The summed E-state index contributed by atoms with van der Waals surface area (Å²) >= 11 is 0. The molecule has 0 atom stereocenters. The lowest BCUT2D eigenvalue weighted by Crippen LogP contribution is -2.37. The van der Waals surface area contributed by atoms with Crippen molar-refractivity contribution in [2.75, 3.05) is 6.54 Å². The molecule has 0 fully saturated rings. The van der Waals surface area contributed by atoms with Crippen LogP contribution in [0.15, 0.2) is 12.4 Å². The average molecular weight is 195 g/mol. The zero-order chi connectivity index (χ0) is 10.6. The highest BCUT2D eigenvalue weighted by molar-refractivity contribution is 5.04. The second-order valence-electron chi connectivity index (χ2n) is 4.63. The molecule has 0 aromatic carbocycles. The van der Waals surface area contributed by atoms with Crippen LogP contribution in [0.4, 0.5) is 0 Å². The molecule has 0 aliphatic rings. The predicted octanol–water partition coefficient (Wildman–Crippen LogP) is 1.83. The molecule has 0 aliphatic carbocycles. The largest absolute Gasteiger partial charge is 0.312 e. The van der Waals surface area contributed by atoms with E-state index in [1.165, 1.54) is 5.56 Å². The normalized spacial score (nSPS) is 12.0. The van der Waals surface area contributed by atoms with E-state index in [2.05, 4.69) is 44.3 Å². The first-order valence-corrected chi connectivity index (χ1v) is 5.27. The minimum Gasteiger partial charge on any atom is -0.312 e. The average Bonchev–Trinajstić information content (AvgIpc) is 2.50. The minimum atomic E-state index is 0.209. The Labute approximate surface area is 86.5 Å². The predicted molar refractivity (Wildman–Crippen MR) is 59.4 cm³/mol. The van der Waals surface area contributed by atoms with Crippen molar-refractivity contribution in [1.82, 2.24) is 15.1 Å². The Morgan fingerprint density at radius 3 is 2.64 bits per heavy atom. The highest BCUT2D eigenvalue weighted by Crippen LogP contribution is 2.01. The van der Waals surface area contributed by atoms with Gasteiger partial charge in [-0.1, -0.05) is 0 Å². The van der Waals surface area contributed by atoms with Crippen molar-refractivity contribution in [3.05, 3.63) is 18.0 Å². The first kappa shape index (κ1) is 11.2. The molecule has 0 radical (unpaired) electrons. The molecule has 0 bridgehead atoms. The molecule has 0 saturated heterocycles. The van der Waals surface area contributed by atoms with Crippen molar-refractivity contribution in [3.63, 3.8) is 0 Å². The maximum absolute atomic E-state index is 4.24. The number of hydrogen-bond acceptors (Lipinski definition) is 2. The number of aryl methyl sites for hydroxylation is 1. The van der Waals surface area contributed by atoms with Gasteiger partial charge in [0.1, 0.15) is 0 Å². The van der Waals surface area contributed by atoms with Crippen LogP contribution in [0, 0.1) is 0 Å². The molecule has 3 heteroatoms. The molecule has 0 unspecified atom stereocenters. The SMILES string of the molecule is CCn1cc(CCNC(C)(C)C)cn1. The standard InChI is InChI=1S/C11H21N3/c1-5-14-9-10(8-13-14)6-7-12-11(2,3)4/h8-9,12H,5-7H2,1-4H3. The van der Waals surface area contributed by atoms with Crippen molar-refractivity contribution >= 4 is 0 Å². The van der Waals surface area contributed by atoms with Crippen molar-refractivity contribution in [2.24, 2.45) is 0 Å². The molecule has 1 N–H and O–H groups in total. The third-order valence-electron chi connectivity index (χ3n) is 2.08. The summed E-state index contributed by atoms with van der Waals surface area (Å²) in [6, 6.07) is 0. The van der Waals surface area contributed by atoms with Crippen LogP contribution in [-0.2, 0) is 13.0 Å². The van der Waals surface area contributed by atoms with E-state index < -0.39 is 0 Å². The molecule has 1 aromatic heterocycles. The lowest BCUT2D eigenvalue weighted by molar-refractivity contribution is 0.429. The summed E-state index contributed by atoms with van der Waals surface area (Å²) in [6.45, 7) is 10.6. The molecule has 0 amide bonds. The van der Waals surface area contributed by atoms with Gasteiger partial charge in [0, 0.05) is 18.3 Å². The summed E-state index contributed by atoms with van der Waals surface area (Å²) < 4.78 is 1.96. The quantitative estimate of drug-likeness (QED) is 0.794. The van der Waals surface area contributed by atoms with Gasteiger partial charge in [0.15, 0.2) is 0 Å². The van der Waals surface area contributed by atoms with Gasteiger partial charge in [0.05, 0.1) is 6.20 Å². The summed E-state index contributed by atoms with van der Waals surface area (Å²) in [6.07, 6.45) is 5.12. The lowest BCUT2D eigenvalue weighted by atomic mass is 10.1. The Hall–Kier alpha value is -0.830. The van der Waals surface area contributed by atoms with Gasteiger partial charge in [0.25, 0.3) is 0 Å². The molecule has 0 spiro atoms. The van der Waals surface area contributed by atoms with Crippen molar-refractivity contribution in [1.29, 1.82) is 0 Å². The van der Waals surface area contributed by atoms with E-state index in [0.717, 1.165) is 19.5 Å². The Morgan fingerprint density at radius 1 is 1.43 bits per heavy atom. The van der Waals surface area contributed by atoms with Gasteiger partial charge >= 0.3 is 0 Å². The minimum absolute atomic E-state index is 0.209. The first-order valence-electron chi connectivity index (χ1n) is 5.27. The van der Waals surface area contributed by atoms with E-state index in [-0.39, 0.29) is 5.54 Å². The van der Waals surface area contributed by atoms with E-state index in [0.29, 0.717) is 0 Å². The van der Waals surface area contributed by atoms with Crippen molar-refractivity contribution < 1.29 is 0 Å². The van der Waals surface area contributed by atoms with E-state index in [9.17, 15) is 0 Å². The molecular weight excluding hydrogens is 174 g/mol. The molecule has 14 heavy (non-hydrogen) atoms. The van der Waals surface area contributed by atoms with Gasteiger partial charge in [-0.05, 0) is 46.2 Å². The van der Waals surface area contributed by atoms with Gasteiger partial charge in [-0.3, -0.25) is 4.68 Å². The summed E-state index contributed by atoms with van der Waals surface area (Å²) in [5.41, 5.74) is 1.52. The highest BCUT2D eigenvalue weighted by atomic mass is 15.3. The van der Waals surface area contributed by atoms with E-state index in [4.69, 9.17) is 0 Å². The van der Waals surface area contributed by atoms with Crippen LogP contribution in [-0.4, -0.2) is 21.9 Å². The monoisotopic (exact) mass is 195 g/mol. The van der Waals surface area contributed by atoms with Crippen LogP contribution in [0.5, 0.6) is 0 Å². The van der Waals surface area contributed by atoms with E-state index in [1.807, 2.05) is 10.9 Å². The first-order chi connectivity index (χ1) is 6.51. The number of hydrogen-bond donors (Lipinski definition) is 1. The maximum atomic E-state index is 4.24. The molecule has 3 nitrogen and oxygen atoms in total. The Kier molecular flexibility index (Phi) is 3.69. The van der Waals surface area contributed by atoms with Crippen LogP contribution >= 0.6 is 0 Å². The van der Waals surface area contributed by atoms with Crippen molar-refractivity contribution in [3.8, 4) is 0 Å². The van der Waals surface area contributed by atoms with Gasteiger partial charge in [-0.25, -0.2) is 0 Å². The highest BCUT2D eigenvalue weighted by Gasteiger charge is 2.07. The molecule has 1 aromatic rings. The van der Waals surface area contributed by atoms with Crippen LogP contribution in [0.3, 0.4) is 0 Å². The Balaban J connectivity index is 2.31. The zero-order valence-electron chi connectivity index (χ0n) is 9.67. The zero-order valence-corrected chi connectivity index (χ0v) is 9.67. The number of rotatable bonds is 4. The molecular formula is C11H21N3. The number of nitrogens with one attached hydrogen (secondary N) is 1. The third kappa shape index (κ3) is 3.92. The smallest absolute Gasteiger partial charge is 0.0522 e. The van der Waals surface area contributed by atoms with Crippen LogP contribution in [0.1, 0.15) is 33.3 Å². The second-order valence-corrected chi connectivity index (χ2v) is 4.63. The fourth-order valence-corrected chi connectivity index (χ4v) is 1.29. The molecule has 1 heterocycles. The van der Waals surface area contributed by atoms with E-state index >= 15 is 0 Å². The fraction of sp³-hybridized carbons (Fsp3) is 0.727. The lowest BCUT2D eigenvalue weighted by Gasteiger charge is -2.19. The van der Waals surface area contributed by atoms with Gasteiger partial charge < -0.3 is 5.32 Å². The summed E-state index contributed by atoms with van der Waals surface area (Å²) in [7, 11) is 0. The van der Waals surface area contributed by atoms with Crippen LogP contribution in [0.2, 0.25) is 0 Å². The third-order valence-corrected chi connectivity index (χ3v) is 2.08. The molecule has 80 valence electrons. The summed E-state index contributed by atoms with van der Waals surface area (Å²) in [4.78, 5) is 0. The molecule has 0 saturated carbocycles. The maximum Gasteiger partial charge on any atom is 0.0522 e. The summed E-state index contributed by atoms with van der Waals surface area (Å²) in [5.74, 6) is 0. The van der Waals surface area contributed by atoms with Crippen molar-refractivity contribution in [2.45, 2.75) is 46.2 Å². The van der Waals surface area contributed by atoms with E-state index in [1.54, 1.807) is 0 Å². The Bertz CT molecular complexity index is 270. The molecule has 0 aliphatic heterocycles. The summed E-state index contributed by atoms with van der Waals surface area (Å²) in [5, 5.41) is 7.70. The van der Waals surface area contributed by atoms with Crippen LogP contribution in [0.25, 0.3) is 0 Å².